The average molecular weight is 340 g/mol. The first-order valence-corrected chi connectivity index (χ1v) is 7.92. The van der Waals surface area contributed by atoms with Crippen LogP contribution in [0.5, 0.6) is 0 Å². The van der Waals surface area contributed by atoms with E-state index in [0.29, 0.717) is 23.4 Å². The highest BCUT2D eigenvalue weighted by molar-refractivity contribution is 6.03. The van der Waals surface area contributed by atoms with Gasteiger partial charge in [0.15, 0.2) is 5.78 Å². The lowest BCUT2D eigenvalue weighted by molar-refractivity contribution is -0.122. The summed E-state index contributed by atoms with van der Waals surface area (Å²) in [6.07, 6.45) is 0.477. The molecule has 2 aromatic carbocycles. The zero-order valence-electron chi connectivity index (χ0n) is 13.6. The highest BCUT2D eigenvalue weighted by Gasteiger charge is 2.48. The van der Waals surface area contributed by atoms with E-state index in [9.17, 15) is 18.8 Å². The van der Waals surface area contributed by atoms with Crippen molar-refractivity contribution in [2.75, 3.05) is 10.6 Å². The SMILES string of the molecule is CC(=O)c1ccc(NC(=O)C2CC2C(=O)Nc2ccc(F)cc2)cc1. The van der Waals surface area contributed by atoms with Crippen molar-refractivity contribution in [1.82, 2.24) is 0 Å². The van der Waals surface area contributed by atoms with Crippen LogP contribution in [0.2, 0.25) is 0 Å². The fourth-order valence-electron chi connectivity index (χ4n) is 2.57. The molecule has 25 heavy (non-hydrogen) atoms. The number of rotatable bonds is 5. The van der Waals surface area contributed by atoms with E-state index < -0.39 is 0 Å². The molecule has 6 heteroatoms. The minimum Gasteiger partial charge on any atom is -0.326 e. The van der Waals surface area contributed by atoms with E-state index in [4.69, 9.17) is 0 Å². The molecule has 5 nitrogen and oxygen atoms in total. The van der Waals surface area contributed by atoms with Gasteiger partial charge in [-0.05, 0) is 61.9 Å². The van der Waals surface area contributed by atoms with Crippen molar-refractivity contribution in [1.29, 1.82) is 0 Å². The van der Waals surface area contributed by atoms with Crippen molar-refractivity contribution in [3.8, 4) is 0 Å². The molecule has 0 saturated heterocycles. The molecule has 128 valence electrons. The normalized spacial score (nSPS) is 18.3. The van der Waals surface area contributed by atoms with Crippen LogP contribution in [0.3, 0.4) is 0 Å². The molecule has 0 radical (unpaired) electrons. The molecule has 2 atom stereocenters. The minimum absolute atomic E-state index is 0.0439. The van der Waals surface area contributed by atoms with Crippen molar-refractivity contribution >= 4 is 29.0 Å². The number of Topliss-reactive ketones (excluding diaryl/α,β-unsaturated/α-hetero) is 1. The Balaban J connectivity index is 1.53. The number of nitrogens with one attached hydrogen (secondary N) is 2. The fourth-order valence-corrected chi connectivity index (χ4v) is 2.57. The third-order valence-corrected chi connectivity index (χ3v) is 4.13. The van der Waals surface area contributed by atoms with Gasteiger partial charge in [-0.15, -0.1) is 0 Å². The minimum atomic E-state index is -0.387. The van der Waals surface area contributed by atoms with Crippen molar-refractivity contribution in [2.24, 2.45) is 11.8 Å². The van der Waals surface area contributed by atoms with Crippen LogP contribution in [0, 0.1) is 17.7 Å². The van der Waals surface area contributed by atoms with E-state index in [0.717, 1.165) is 0 Å². The third-order valence-electron chi connectivity index (χ3n) is 4.13. The topological polar surface area (TPSA) is 75.3 Å². The molecular weight excluding hydrogens is 323 g/mol. The van der Waals surface area contributed by atoms with Crippen LogP contribution in [0.15, 0.2) is 48.5 Å². The first-order chi connectivity index (χ1) is 11.9. The van der Waals surface area contributed by atoms with Crippen LogP contribution >= 0.6 is 0 Å². The van der Waals surface area contributed by atoms with Crippen LogP contribution in [0.1, 0.15) is 23.7 Å². The first kappa shape index (κ1) is 16.8. The van der Waals surface area contributed by atoms with Gasteiger partial charge in [-0.2, -0.15) is 0 Å². The molecule has 0 aliphatic heterocycles. The maximum atomic E-state index is 12.9. The van der Waals surface area contributed by atoms with Gasteiger partial charge < -0.3 is 10.6 Å². The molecular formula is C19H17FN2O3. The van der Waals surface area contributed by atoms with Gasteiger partial charge in [-0.3, -0.25) is 14.4 Å². The summed E-state index contributed by atoms with van der Waals surface area (Å²) in [4.78, 5) is 35.6. The number of hydrogen-bond acceptors (Lipinski definition) is 3. The number of carbonyl (C=O) groups excluding carboxylic acids is 3. The van der Waals surface area contributed by atoms with Crippen LogP contribution in [-0.2, 0) is 9.59 Å². The Morgan fingerprint density at radius 2 is 1.28 bits per heavy atom. The van der Waals surface area contributed by atoms with Gasteiger partial charge in [0.1, 0.15) is 5.82 Å². The molecule has 0 aromatic heterocycles. The first-order valence-electron chi connectivity index (χ1n) is 7.92. The van der Waals surface area contributed by atoms with Crippen LogP contribution < -0.4 is 10.6 Å². The second-order valence-electron chi connectivity index (χ2n) is 6.07. The van der Waals surface area contributed by atoms with Gasteiger partial charge in [0.25, 0.3) is 0 Å². The molecule has 2 unspecified atom stereocenters. The van der Waals surface area contributed by atoms with Gasteiger partial charge in [-0.1, -0.05) is 0 Å². The fraction of sp³-hybridized carbons (Fsp3) is 0.211. The van der Waals surface area contributed by atoms with E-state index in [2.05, 4.69) is 10.6 Å². The molecule has 0 heterocycles. The van der Waals surface area contributed by atoms with Crippen LogP contribution in [0.25, 0.3) is 0 Å². The zero-order valence-corrected chi connectivity index (χ0v) is 13.6. The molecule has 2 amide bonds. The molecule has 1 aliphatic rings. The van der Waals surface area contributed by atoms with Crippen LogP contribution in [-0.4, -0.2) is 17.6 Å². The molecule has 2 aromatic rings. The molecule has 0 bridgehead atoms. The maximum absolute atomic E-state index is 12.9. The largest absolute Gasteiger partial charge is 0.326 e. The Labute approximate surface area is 144 Å². The van der Waals surface area contributed by atoms with Crippen molar-refractivity contribution < 1.29 is 18.8 Å². The van der Waals surface area contributed by atoms with Crippen molar-refractivity contribution in [2.45, 2.75) is 13.3 Å². The van der Waals surface area contributed by atoms with Gasteiger partial charge in [0.2, 0.25) is 11.8 Å². The maximum Gasteiger partial charge on any atom is 0.228 e. The Morgan fingerprint density at radius 1 is 0.840 bits per heavy atom. The third kappa shape index (κ3) is 4.09. The number of ketones is 1. The molecule has 2 N–H and O–H groups in total. The Morgan fingerprint density at radius 3 is 1.72 bits per heavy atom. The lowest BCUT2D eigenvalue weighted by Gasteiger charge is -2.06. The zero-order chi connectivity index (χ0) is 18.0. The number of hydrogen-bond donors (Lipinski definition) is 2. The summed E-state index contributed by atoms with van der Waals surface area (Å²) >= 11 is 0. The summed E-state index contributed by atoms with van der Waals surface area (Å²) in [7, 11) is 0. The van der Waals surface area contributed by atoms with Crippen LogP contribution in [0.4, 0.5) is 15.8 Å². The summed E-state index contributed by atoms with van der Waals surface area (Å²) in [6.45, 7) is 1.47. The molecule has 0 spiro atoms. The number of halogens is 1. The van der Waals surface area contributed by atoms with Gasteiger partial charge in [0, 0.05) is 16.9 Å². The van der Waals surface area contributed by atoms with Crippen molar-refractivity contribution in [3.05, 3.63) is 59.9 Å². The predicted molar refractivity (Wildman–Crippen MR) is 91.7 cm³/mol. The molecule has 3 rings (SSSR count). The second kappa shape index (κ2) is 6.84. The lowest BCUT2D eigenvalue weighted by atomic mass is 10.1. The van der Waals surface area contributed by atoms with E-state index in [1.54, 1.807) is 24.3 Å². The van der Waals surface area contributed by atoms with Gasteiger partial charge >= 0.3 is 0 Å². The lowest BCUT2D eigenvalue weighted by Crippen LogP contribution is -2.20. The summed E-state index contributed by atoms with van der Waals surface area (Å²) in [5, 5.41) is 5.42. The standard InChI is InChI=1S/C19H17FN2O3/c1-11(23)12-2-6-14(7-3-12)21-18(24)16-10-17(16)19(25)22-15-8-4-13(20)5-9-15/h2-9,16-17H,10H2,1H3,(H,21,24)(H,22,25). The average Bonchev–Trinajstić information content (AvgIpc) is 3.38. The van der Waals surface area contributed by atoms with E-state index in [1.807, 2.05) is 0 Å². The van der Waals surface area contributed by atoms with E-state index in [1.165, 1.54) is 31.2 Å². The summed E-state index contributed by atoms with van der Waals surface area (Å²) in [5.74, 6) is -1.67. The highest BCUT2D eigenvalue weighted by atomic mass is 19.1. The summed E-state index contributed by atoms with van der Waals surface area (Å²) in [6, 6.07) is 12.1. The smallest absolute Gasteiger partial charge is 0.228 e. The number of amides is 2. The number of anilines is 2. The summed E-state index contributed by atoms with van der Waals surface area (Å²) in [5.41, 5.74) is 1.65. The highest BCUT2D eigenvalue weighted by Crippen LogP contribution is 2.40. The Bertz CT molecular complexity index is 816. The second-order valence-corrected chi connectivity index (χ2v) is 6.07. The molecule has 1 fully saturated rings. The monoisotopic (exact) mass is 340 g/mol. The Kier molecular flexibility index (Phi) is 4.61. The number of carbonyl (C=O) groups is 3. The van der Waals surface area contributed by atoms with Gasteiger partial charge in [0.05, 0.1) is 11.8 Å². The Hall–Kier alpha value is -3.02. The van der Waals surface area contributed by atoms with Crippen molar-refractivity contribution in [3.63, 3.8) is 0 Å². The van der Waals surface area contributed by atoms with E-state index >= 15 is 0 Å². The van der Waals surface area contributed by atoms with Gasteiger partial charge in [-0.25, -0.2) is 4.39 Å². The summed E-state index contributed by atoms with van der Waals surface area (Å²) < 4.78 is 12.9. The molecule has 1 saturated carbocycles. The quantitative estimate of drug-likeness (QED) is 0.821. The number of benzene rings is 2. The van der Waals surface area contributed by atoms with E-state index in [-0.39, 0.29) is 35.3 Å². The molecule has 1 aliphatic carbocycles. The predicted octanol–water partition coefficient (Wildman–Crippen LogP) is 3.24.